The van der Waals surface area contributed by atoms with Crippen molar-refractivity contribution >= 4 is 0 Å². The third-order valence-corrected chi connectivity index (χ3v) is 2.70. The maximum absolute atomic E-state index is 9.18. The summed E-state index contributed by atoms with van der Waals surface area (Å²) in [6, 6.07) is 9.26. The first kappa shape index (κ1) is 12.4. The molecule has 18 heavy (non-hydrogen) atoms. The molecule has 0 saturated heterocycles. The zero-order valence-corrected chi connectivity index (χ0v) is 10.4. The topological polar surface area (TPSA) is 51.6 Å². The van der Waals surface area contributed by atoms with Crippen LogP contribution in [0.15, 0.2) is 36.5 Å². The van der Waals surface area contributed by atoms with Gasteiger partial charge in [0.15, 0.2) is 0 Å². The highest BCUT2D eigenvalue weighted by Gasteiger charge is 2.07. The first-order valence-corrected chi connectivity index (χ1v) is 5.56. The molecule has 0 aliphatic heterocycles. The molecule has 0 unspecified atom stereocenters. The van der Waals surface area contributed by atoms with E-state index in [1.165, 1.54) is 0 Å². The molecule has 2 rings (SSSR count). The lowest BCUT2D eigenvalue weighted by molar-refractivity contribution is 0.281. The van der Waals surface area contributed by atoms with Gasteiger partial charge in [0.25, 0.3) is 0 Å². The first-order chi connectivity index (χ1) is 8.78. The van der Waals surface area contributed by atoms with Crippen LogP contribution in [0.5, 0.6) is 11.6 Å². The van der Waals surface area contributed by atoms with Crippen molar-refractivity contribution in [3.63, 3.8) is 0 Å². The molecule has 0 fully saturated rings. The normalized spacial score (nSPS) is 10.2. The largest absolute Gasteiger partial charge is 0.496 e. The maximum Gasteiger partial charge on any atom is 0.212 e. The molecule has 4 heteroatoms. The second kappa shape index (κ2) is 5.51. The number of benzene rings is 1. The van der Waals surface area contributed by atoms with Crippen molar-refractivity contribution in [2.75, 3.05) is 14.2 Å². The number of hydrogen-bond acceptors (Lipinski definition) is 4. The van der Waals surface area contributed by atoms with Crippen molar-refractivity contribution in [1.82, 2.24) is 4.98 Å². The fraction of sp³-hybridized carbons (Fsp3) is 0.214. The van der Waals surface area contributed by atoms with E-state index in [0.717, 1.165) is 22.4 Å². The van der Waals surface area contributed by atoms with Gasteiger partial charge in [-0.2, -0.15) is 0 Å². The first-order valence-electron chi connectivity index (χ1n) is 5.56. The fourth-order valence-corrected chi connectivity index (χ4v) is 1.74. The van der Waals surface area contributed by atoms with E-state index in [4.69, 9.17) is 9.47 Å². The van der Waals surface area contributed by atoms with E-state index in [2.05, 4.69) is 4.98 Å². The molecule has 0 atom stereocenters. The van der Waals surface area contributed by atoms with E-state index >= 15 is 0 Å². The average Bonchev–Trinajstić information content (AvgIpc) is 2.46. The Labute approximate surface area is 106 Å². The minimum absolute atomic E-state index is 0.000573. The number of nitrogens with zero attached hydrogens (tertiary/aromatic N) is 1. The molecule has 0 bridgehead atoms. The lowest BCUT2D eigenvalue weighted by Gasteiger charge is -2.10. The molecular formula is C14H15NO3. The van der Waals surface area contributed by atoms with Crippen molar-refractivity contribution in [3.8, 4) is 22.8 Å². The van der Waals surface area contributed by atoms with Gasteiger partial charge in [-0.15, -0.1) is 0 Å². The number of aliphatic hydroxyl groups is 1. The predicted octanol–water partition coefficient (Wildman–Crippen LogP) is 2.26. The van der Waals surface area contributed by atoms with Gasteiger partial charge in [0.1, 0.15) is 5.75 Å². The Bertz CT molecular complexity index is 523. The summed E-state index contributed by atoms with van der Waals surface area (Å²) >= 11 is 0. The number of hydrogen-bond donors (Lipinski definition) is 1. The monoisotopic (exact) mass is 245 g/mol. The molecule has 1 heterocycles. The summed E-state index contributed by atoms with van der Waals surface area (Å²) in [5.74, 6) is 1.31. The quantitative estimate of drug-likeness (QED) is 0.897. The number of aromatic nitrogens is 1. The second-order valence-corrected chi connectivity index (χ2v) is 3.78. The van der Waals surface area contributed by atoms with Crippen LogP contribution in [-0.2, 0) is 6.61 Å². The van der Waals surface area contributed by atoms with Gasteiger partial charge < -0.3 is 14.6 Å². The molecule has 94 valence electrons. The Morgan fingerprint density at radius 1 is 1.11 bits per heavy atom. The minimum Gasteiger partial charge on any atom is -0.496 e. The molecule has 0 aliphatic rings. The molecule has 0 saturated carbocycles. The van der Waals surface area contributed by atoms with Crippen molar-refractivity contribution in [2.45, 2.75) is 6.61 Å². The average molecular weight is 245 g/mol. The van der Waals surface area contributed by atoms with E-state index in [0.29, 0.717) is 5.88 Å². The fourth-order valence-electron chi connectivity index (χ4n) is 1.74. The van der Waals surface area contributed by atoms with E-state index < -0.39 is 0 Å². The summed E-state index contributed by atoms with van der Waals surface area (Å²) in [6.45, 7) is 0.000573. The van der Waals surface area contributed by atoms with E-state index in [9.17, 15) is 5.11 Å². The third-order valence-electron chi connectivity index (χ3n) is 2.70. The summed E-state index contributed by atoms with van der Waals surface area (Å²) in [5.41, 5.74) is 2.66. The van der Waals surface area contributed by atoms with E-state index in [1.54, 1.807) is 26.5 Å². The van der Waals surface area contributed by atoms with E-state index in [1.807, 2.05) is 24.3 Å². The van der Waals surface area contributed by atoms with Gasteiger partial charge in [-0.25, -0.2) is 4.98 Å². The minimum atomic E-state index is 0.000573. The van der Waals surface area contributed by atoms with Crippen LogP contribution >= 0.6 is 0 Å². The van der Waals surface area contributed by atoms with Gasteiger partial charge >= 0.3 is 0 Å². The number of ether oxygens (including phenoxy) is 2. The number of aliphatic hydroxyl groups excluding tert-OH is 1. The molecule has 4 nitrogen and oxygen atoms in total. The molecule has 0 spiro atoms. The number of pyridine rings is 1. The van der Waals surface area contributed by atoms with Crippen LogP contribution in [-0.4, -0.2) is 24.3 Å². The Hall–Kier alpha value is -2.07. The Kier molecular flexibility index (Phi) is 3.79. The second-order valence-electron chi connectivity index (χ2n) is 3.78. The maximum atomic E-state index is 9.18. The Morgan fingerprint density at radius 2 is 1.94 bits per heavy atom. The summed E-state index contributed by atoms with van der Waals surface area (Å²) in [6.07, 6.45) is 1.72. The summed E-state index contributed by atoms with van der Waals surface area (Å²) < 4.78 is 10.3. The van der Waals surface area contributed by atoms with Crippen LogP contribution in [0.4, 0.5) is 0 Å². The molecule has 0 amide bonds. The Morgan fingerprint density at radius 3 is 2.50 bits per heavy atom. The summed E-state index contributed by atoms with van der Waals surface area (Å²) in [7, 11) is 3.20. The predicted molar refractivity (Wildman–Crippen MR) is 68.7 cm³/mol. The van der Waals surface area contributed by atoms with Gasteiger partial charge in [-0.3, -0.25) is 0 Å². The lowest BCUT2D eigenvalue weighted by atomic mass is 10.0. The van der Waals surface area contributed by atoms with Crippen molar-refractivity contribution < 1.29 is 14.6 Å². The van der Waals surface area contributed by atoms with Crippen LogP contribution in [0.1, 0.15) is 5.56 Å². The standard InChI is InChI=1S/C14H15NO3/c1-17-13-5-3-10(9-16)7-12(13)11-4-6-14(18-2)15-8-11/h3-8,16H,9H2,1-2H3. The molecule has 1 N–H and O–H groups in total. The highest BCUT2D eigenvalue weighted by atomic mass is 16.5. The molecule has 1 aromatic heterocycles. The zero-order valence-electron chi connectivity index (χ0n) is 10.4. The van der Waals surface area contributed by atoms with Crippen LogP contribution in [0.3, 0.4) is 0 Å². The number of rotatable bonds is 4. The van der Waals surface area contributed by atoms with Crippen molar-refractivity contribution in [1.29, 1.82) is 0 Å². The van der Waals surface area contributed by atoms with Crippen LogP contribution < -0.4 is 9.47 Å². The van der Waals surface area contributed by atoms with Gasteiger partial charge in [-0.05, 0) is 23.8 Å². The van der Waals surface area contributed by atoms with Crippen LogP contribution in [0, 0.1) is 0 Å². The smallest absolute Gasteiger partial charge is 0.212 e. The summed E-state index contributed by atoms with van der Waals surface area (Å²) in [5, 5.41) is 9.18. The van der Waals surface area contributed by atoms with Crippen LogP contribution in [0.25, 0.3) is 11.1 Å². The third kappa shape index (κ3) is 2.43. The SMILES string of the molecule is COc1ccc(-c2cc(CO)ccc2OC)cn1. The highest BCUT2D eigenvalue weighted by molar-refractivity contribution is 5.70. The molecule has 1 aromatic carbocycles. The number of methoxy groups -OCH3 is 2. The van der Waals surface area contributed by atoms with Crippen molar-refractivity contribution in [3.05, 3.63) is 42.1 Å². The molecule has 0 aliphatic carbocycles. The molecule has 2 aromatic rings. The van der Waals surface area contributed by atoms with E-state index in [-0.39, 0.29) is 6.61 Å². The van der Waals surface area contributed by atoms with Gasteiger partial charge in [-0.1, -0.05) is 6.07 Å². The molecular weight excluding hydrogens is 230 g/mol. The zero-order chi connectivity index (χ0) is 13.0. The Balaban J connectivity index is 2.46. The van der Waals surface area contributed by atoms with Gasteiger partial charge in [0, 0.05) is 23.4 Å². The van der Waals surface area contributed by atoms with Crippen molar-refractivity contribution in [2.24, 2.45) is 0 Å². The van der Waals surface area contributed by atoms with Gasteiger partial charge in [0.2, 0.25) is 5.88 Å². The van der Waals surface area contributed by atoms with Gasteiger partial charge in [0.05, 0.1) is 20.8 Å². The molecule has 0 radical (unpaired) electrons. The summed E-state index contributed by atoms with van der Waals surface area (Å²) in [4.78, 5) is 4.16. The highest BCUT2D eigenvalue weighted by Crippen LogP contribution is 2.31. The lowest BCUT2D eigenvalue weighted by Crippen LogP contribution is -1.92. The van der Waals surface area contributed by atoms with Crippen LogP contribution in [0.2, 0.25) is 0 Å².